The first-order valence-corrected chi connectivity index (χ1v) is 5.94. The summed E-state index contributed by atoms with van der Waals surface area (Å²) in [6.45, 7) is 0.973. The van der Waals surface area contributed by atoms with Gasteiger partial charge in [0.25, 0.3) is 0 Å². The van der Waals surface area contributed by atoms with Gasteiger partial charge in [0.1, 0.15) is 11.3 Å². The topological polar surface area (TPSA) is 57.9 Å². The van der Waals surface area contributed by atoms with Gasteiger partial charge in [0.2, 0.25) is 0 Å². The van der Waals surface area contributed by atoms with E-state index in [0.717, 1.165) is 34.3 Å². The molecule has 16 heavy (non-hydrogen) atoms. The van der Waals surface area contributed by atoms with E-state index in [1.165, 1.54) is 0 Å². The minimum Gasteiger partial charge on any atom is -0.397 e. The predicted molar refractivity (Wildman–Crippen MR) is 70.5 cm³/mol. The first kappa shape index (κ1) is 11.4. The Hall–Kier alpha value is -1.07. The van der Waals surface area contributed by atoms with E-state index in [1.54, 1.807) is 0 Å². The monoisotopic (exact) mass is 282 g/mol. The zero-order valence-electron chi connectivity index (χ0n) is 9.42. The zero-order chi connectivity index (χ0) is 11.7. The molecule has 0 saturated carbocycles. The smallest absolute Gasteiger partial charge is 0.112 e. The fourth-order valence-corrected chi connectivity index (χ4v) is 2.08. The molecule has 1 aromatic heterocycles. The Morgan fingerprint density at radius 2 is 2.19 bits per heavy atom. The SMILES string of the molecule is CN(C)CCc1nc2c(N)cc(Br)cc2[nH]1. The van der Waals surface area contributed by atoms with Crippen LogP contribution in [-0.2, 0) is 6.42 Å². The highest BCUT2D eigenvalue weighted by Crippen LogP contribution is 2.24. The molecule has 0 saturated heterocycles. The minimum atomic E-state index is 0.705. The van der Waals surface area contributed by atoms with E-state index in [9.17, 15) is 0 Å². The van der Waals surface area contributed by atoms with Crippen LogP contribution >= 0.6 is 15.9 Å². The quantitative estimate of drug-likeness (QED) is 0.847. The number of benzene rings is 1. The van der Waals surface area contributed by atoms with Crippen LogP contribution in [0.1, 0.15) is 5.82 Å². The van der Waals surface area contributed by atoms with Crippen molar-refractivity contribution in [2.45, 2.75) is 6.42 Å². The van der Waals surface area contributed by atoms with Crippen molar-refractivity contribution in [1.29, 1.82) is 0 Å². The van der Waals surface area contributed by atoms with Gasteiger partial charge in [-0.15, -0.1) is 0 Å². The van der Waals surface area contributed by atoms with Gasteiger partial charge in [-0.05, 0) is 26.2 Å². The molecule has 2 rings (SSSR count). The van der Waals surface area contributed by atoms with Crippen molar-refractivity contribution in [3.05, 3.63) is 22.4 Å². The molecule has 0 atom stereocenters. The molecule has 0 fully saturated rings. The number of fused-ring (bicyclic) bond motifs is 1. The Morgan fingerprint density at radius 1 is 1.44 bits per heavy atom. The average molecular weight is 283 g/mol. The average Bonchev–Trinajstić information content (AvgIpc) is 2.57. The molecule has 86 valence electrons. The number of likely N-dealkylation sites (N-methyl/N-ethyl adjacent to an activating group) is 1. The van der Waals surface area contributed by atoms with Gasteiger partial charge in [-0.3, -0.25) is 0 Å². The maximum atomic E-state index is 5.90. The number of aromatic nitrogens is 2. The molecule has 1 heterocycles. The number of H-pyrrole nitrogens is 1. The van der Waals surface area contributed by atoms with Crippen LogP contribution in [0.2, 0.25) is 0 Å². The number of hydrogen-bond donors (Lipinski definition) is 2. The molecule has 1 aromatic carbocycles. The molecular weight excluding hydrogens is 268 g/mol. The summed E-state index contributed by atoms with van der Waals surface area (Å²) < 4.78 is 0.973. The summed E-state index contributed by atoms with van der Waals surface area (Å²) in [7, 11) is 4.10. The van der Waals surface area contributed by atoms with Crippen molar-refractivity contribution in [2.75, 3.05) is 26.4 Å². The summed E-state index contributed by atoms with van der Waals surface area (Å²) in [4.78, 5) is 9.91. The molecule has 3 N–H and O–H groups in total. The highest BCUT2D eigenvalue weighted by molar-refractivity contribution is 9.10. The molecule has 0 spiro atoms. The third kappa shape index (κ3) is 2.36. The van der Waals surface area contributed by atoms with Crippen LogP contribution in [0.4, 0.5) is 5.69 Å². The number of nitrogens with two attached hydrogens (primary N) is 1. The van der Waals surface area contributed by atoms with Gasteiger partial charge in [0, 0.05) is 17.4 Å². The van der Waals surface area contributed by atoms with E-state index in [-0.39, 0.29) is 0 Å². The van der Waals surface area contributed by atoms with E-state index < -0.39 is 0 Å². The number of hydrogen-bond acceptors (Lipinski definition) is 3. The first-order chi connectivity index (χ1) is 7.56. The van der Waals surface area contributed by atoms with Gasteiger partial charge in [0.15, 0.2) is 0 Å². The molecule has 0 unspecified atom stereocenters. The number of nitrogen functional groups attached to an aromatic ring is 1. The van der Waals surface area contributed by atoms with Gasteiger partial charge < -0.3 is 15.6 Å². The van der Waals surface area contributed by atoms with Crippen molar-refractivity contribution in [3.63, 3.8) is 0 Å². The number of halogens is 1. The largest absolute Gasteiger partial charge is 0.397 e. The lowest BCUT2D eigenvalue weighted by Gasteiger charge is -2.06. The number of anilines is 1. The normalized spacial score (nSPS) is 11.5. The molecule has 0 aliphatic rings. The van der Waals surface area contributed by atoms with Crippen LogP contribution in [0.25, 0.3) is 11.0 Å². The summed E-state index contributed by atoms with van der Waals surface area (Å²) in [6.07, 6.45) is 0.902. The van der Waals surface area contributed by atoms with Gasteiger partial charge in [-0.2, -0.15) is 0 Å². The van der Waals surface area contributed by atoms with Crippen LogP contribution in [0.3, 0.4) is 0 Å². The number of imidazole rings is 1. The molecule has 0 aliphatic heterocycles. The van der Waals surface area contributed by atoms with Crippen molar-refractivity contribution < 1.29 is 0 Å². The van der Waals surface area contributed by atoms with Crippen LogP contribution in [-0.4, -0.2) is 35.5 Å². The number of nitrogens with zero attached hydrogens (tertiary/aromatic N) is 2. The Labute approximate surface area is 103 Å². The second-order valence-electron chi connectivity index (χ2n) is 4.13. The van der Waals surface area contributed by atoms with E-state index in [0.29, 0.717) is 5.69 Å². The van der Waals surface area contributed by atoms with Crippen LogP contribution < -0.4 is 5.73 Å². The van der Waals surface area contributed by atoms with Crippen molar-refractivity contribution in [2.24, 2.45) is 0 Å². The van der Waals surface area contributed by atoms with Crippen LogP contribution in [0.5, 0.6) is 0 Å². The lowest BCUT2D eigenvalue weighted by molar-refractivity contribution is 0.410. The molecule has 0 aliphatic carbocycles. The highest BCUT2D eigenvalue weighted by atomic mass is 79.9. The van der Waals surface area contributed by atoms with Crippen molar-refractivity contribution in [1.82, 2.24) is 14.9 Å². The zero-order valence-corrected chi connectivity index (χ0v) is 11.0. The second-order valence-corrected chi connectivity index (χ2v) is 5.04. The van der Waals surface area contributed by atoms with Gasteiger partial charge >= 0.3 is 0 Å². The van der Waals surface area contributed by atoms with E-state index in [4.69, 9.17) is 5.73 Å². The van der Waals surface area contributed by atoms with Gasteiger partial charge in [-0.1, -0.05) is 15.9 Å². The van der Waals surface area contributed by atoms with Gasteiger partial charge in [0.05, 0.1) is 11.2 Å². The molecule has 0 amide bonds. The Kier molecular flexibility index (Phi) is 3.16. The predicted octanol–water partition coefficient (Wildman–Crippen LogP) is 2.01. The van der Waals surface area contributed by atoms with E-state index in [1.807, 2.05) is 26.2 Å². The van der Waals surface area contributed by atoms with E-state index >= 15 is 0 Å². The fraction of sp³-hybridized carbons (Fsp3) is 0.364. The third-order valence-electron chi connectivity index (χ3n) is 2.43. The first-order valence-electron chi connectivity index (χ1n) is 5.14. The summed E-state index contributed by atoms with van der Waals surface area (Å²) in [5, 5.41) is 0. The number of aromatic amines is 1. The Bertz CT molecular complexity index is 504. The molecule has 5 heteroatoms. The maximum absolute atomic E-state index is 5.90. The molecule has 2 aromatic rings. The van der Waals surface area contributed by atoms with Crippen molar-refractivity contribution >= 4 is 32.7 Å². The maximum Gasteiger partial charge on any atom is 0.112 e. The Morgan fingerprint density at radius 3 is 2.88 bits per heavy atom. The molecule has 0 bridgehead atoms. The summed E-state index contributed by atoms with van der Waals surface area (Å²) in [5.74, 6) is 0.980. The molecule has 0 radical (unpaired) electrons. The van der Waals surface area contributed by atoms with Crippen LogP contribution in [0.15, 0.2) is 16.6 Å². The Balaban J connectivity index is 2.33. The van der Waals surface area contributed by atoms with Crippen LogP contribution in [0, 0.1) is 0 Å². The lowest BCUT2D eigenvalue weighted by Crippen LogP contribution is -2.15. The summed E-state index contributed by atoms with van der Waals surface area (Å²) in [5.41, 5.74) is 8.45. The minimum absolute atomic E-state index is 0.705. The number of nitrogens with one attached hydrogen (secondary N) is 1. The molecule has 4 nitrogen and oxygen atoms in total. The second kappa shape index (κ2) is 4.43. The summed E-state index contributed by atoms with van der Waals surface area (Å²) in [6, 6.07) is 3.87. The molecular formula is C11H15BrN4. The summed E-state index contributed by atoms with van der Waals surface area (Å²) >= 11 is 3.42. The third-order valence-corrected chi connectivity index (χ3v) is 2.88. The standard InChI is InChI=1S/C11H15BrN4/c1-16(2)4-3-10-14-9-6-7(12)5-8(13)11(9)15-10/h5-6H,3-4,13H2,1-2H3,(H,14,15). The number of rotatable bonds is 3. The van der Waals surface area contributed by atoms with E-state index in [2.05, 4.69) is 30.8 Å². The van der Waals surface area contributed by atoms with Gasteiger partial charge in [-0.25, -0.2) is 4.98 Å². The fourth-order valence-electron chi connectivity index (χ4n) is 1.61. The van der Waals surface area contributed by atoms with Crippen molar-refractivity contribution in [3.8, 4) is 0 Å². The highest BCUT2D eigenvalue weighted by Gasteiger charge is 2.07. The lowest BCUT2D eigenvalue weighted by atomic mass is 10.3.